The Morgan fingerprint density at radius 1 is 1.36 bits per heavy atom. The van der Waals surface area contributed by atoms with Crippen molar-refractivity contribution in [2.24, 2.45) is 0 Å². The van der Waals surface area contributed by atoms with Crippen LogP contribution in [-0.2, 0) is 0 Å². The minimum atomic E-state index is -0.221. The van der Waals surface area contributed by atoms with E-state index in [2.05, 4.69) is 26.1 Å². The van der Waals surface area contributed by atoms with Gasteiger partial charge in [0.2, 0.25) is 5.13 Å². The van der Waals surface area contributed by atoms with Crippen molar-refractivity contribution in [2.45, 2.75) is 25.8 Å². The minimum Gasteiger partial charge on any atom is -0.334 e. The molecule has 2 aromatic rings. The van der Waals surface area contributed by atoms with Crippen molar-refractivity contribution >= 4 is 22.5 Å². The molecule has 1 saturated heterocycles. The van der Waals surface area contributed by atoms with Crippen LogP contribution in [0.1, 0.15) is 18.4 Å². The Labute approximate surface area is 133 Å². The van der Waals surface area contributed by atoms with E-state index in [9.17, 15) is 4.79 Å². The molecule has 1 fully saturated rings. The second-order valence-electron chi connectivity index (χ2n) is 5.37. The normalized spacial score (nSPS) is 18.0. The van der Waals surface area contributed by atoms with Crippen LogP contribution in [0, 0.1) is 6.92 Å². The number of anilines is 1. The Bertz CT molecular complexity index is 651. The molecule has 1 aromatic heterocycles. The summed E-state index contributed by atoms with van der Waals surface area (Å²) < 4.78 is 0. The molecule has 116 valence electrons. The summed E-state index contributed by atoms with van der Waals surface area (Å²) in [5, 5.41) is 18.5. The number of aryl methyl sites for hydroxylation is 1. The van der Waals surface area contributed by atoms with Crippen molar-refractivity contribution < 1.29 is 4.79 Å². The summed E-state index contributed by atoms with van der Waals surface area (Å²) in [5.74, 6) is 0. The number of aromatic nitrogens is 2. The number of carbonyl (C=O) groups excluding carboxylic acids is 1. The van der Waals surface area contributed by atoms with Crippen molar-refractivity contribution in [3.8, 4) is 10.6 Å². The van der Waals surface area contributed by atoms with Gasteiger partial charge in [-0.1, -0.05) is 35.6 Å². The summed E-state index contributed by atoms with van der Waals surface area (Å²) in [6.07, 6.45) is 2.09. The summed E-state index contributed by atoms with van der Waals surface area (Å²) in [5.41, 5.74) is 2.19. The molecule has 1 aliphatic rings. The molecule has 0 spiro atoms. The highest BCUT2D eigenvalue weighted by molar-refractivity contribution is 7.18. The minimum absolute atomic E-state index is 0.178. The molecule has 0 radical (unpaired) electrons. The third-order valence-corrected chi connectivity index (χ3v) is 4.53. The van der Waals surface area contributed by atoms with Crippen LogP contribution in [0.15, 0.2) is 24.3 Å². The molecule has 0 saturated carbocycles. The zero-order valence-electron chi connectivity index (χ0n) is 12.4. The topological polar surface area (TPSA) is 78.9 Å². The van der Waals surface area contributed by atoms with Crippen molar-refractivity contribution in [3.63, 3.8) is 0 Å². The second kappa shape index (κ2) is 6.85. The van der Waals surface area contributed by atoms with Crippen LogP contribution in [0.3, 0.4) is 0 Å². The van der Waals surface area contributed by atoms with Crippen molar-refractivity contribution in [1.29, 1.82) is 0 Å². The first kappa shape index (κ1) is 14.9. The van der Waals surface area contributed by atoms with Crippen LogP contribution in [0.2, 0.25) is 0 Å². The standard InChI is InChI=1S/C15H19N5OS/c1-10-5-2-3-7-12(10)13-19-20-15(22-13)18-14(21)17-11-6-4-8-16-9-11/h2-3,5,7,11,16H,4,6,8-9H2,1H3,(H2,17,18,20,21)/t11-/m1/s1. The Kier molecular flexibility index (Phi) is 4.65. The quantitative estimate of drug-likeness (QED) is 0.812. The van der Waals surface area contributed by atoms with Crippen LogP contribution in [0.5, 0.6) is 0 Å². The molecule has 1 aromatic carbocycles. The lowest BCUT2D eigenvalue weighted by molar-refractivity contribution is 0.245. The maximum absolute atomic E-state index is 12.0. The summed E-state index contributed by atoms with van der Waals surface area (Å²) in [6.45, 7) is 3.88. The molecule has 0 unspecified atom stereocenters. The zero-order valence-corrected chi connectivity index (χ0v) is 13.2. The summed E-state index contributed by atoms with van der Waals surface area (Å²) in [6, 6.07) is 7.96. The van der Waals surface area contributed by atoms with Crippen LogP contribution < -0.4 is 16.0 Å². The largest absolute Gasteiger partial charge is 0.334 e. The lowest BCUT2D eigenvalue weighted by Crippen LogP contribution is -2.47. The zero-order chi connectivity index (χ0) is 15.4. The Morgan fingerprint density at radius 2 is 2.23 bits per heavy atom. The fraction of sp³-hybridized carbons (Fsp3) is 0.400. The first-order valence-electron chi connectivity index (χ1n) is 7.40. The number of amides is 2. The summed E-state index contributed by atoms with van der Waals surface area (Å²) in [7, 11) is 0. The highest BCUT2D eigenvalue weighted by Crippen LogP contribution is 2.28. The van der Waals surface area contributed by atoms with E-state index in [1.54, 1.807) is 0 Å². The number of nitrogens with zero attached hydrogens (tertiary/aromatic N) is 2. The van der Waals surface area contributed by atoms with E-state index in [-0.39, 0.29) is 12.1 Å². The SMILES string of the molecule is Cc1ccccc1-c1nnc(NC(=O)N[C@@H]2CCCNC2)s1. The van der Waals surface area contributed by atoms with Gasteiger partial charge >= 0.3 is 6.03 Å². The highest BCUT2D eigenvalue weighted by atomic mass is 32.1. The molecule has 1 atom stereocenters. The first-order valence-corrected chi connectivity index (χ1v) is 8.22. The van der Waals surface area contributed by atoms with E-state index >= 15 is 0 Å². The van der Waals surface area contributed by atoms with Crippen molar-refractivity contribution in [2.75, 3.05) is 18.4 Å². The smallest absolute Gasteiger partial charge is 0.321 e. The molecule has 2 heterocycles. The molecule has 3 rings (SSSR count). The second-order valence-corrected chi connectivity index (χ2v) is 6.35. The van der Waals surface area contributed by atoms with E-state index in [1.807, 2.05) is 31.2 Å². The number of nitrogens with one attached hydrogen (secondary N) is 3. The summed E-state index contributed by atoms with van der Waals surface area (Å²) in [4.78, 5) is 12.0. The van der Waals surface area contributed by atoms with Crippen LogP contribution in [0.4, 0.5) is 9.93 Å². The lowest BCUT2D eigenvalue weighted by Gasteiger charge is -2.23. The van der Waals surface area contributed by atoms with E-state index in [4.69, 9.17) is 0 Å². The molecular formula is C15H19N5OS. The highest BCUT2D eigenvalue weighted by Gasteiger charge is 2.16. The maximum atomic E-state index is 12.0. The predicted molar refractivity (Wildman–Crippen MR) is 88.1 cm³/mol. The molecule has 0 aliphatic carbocycles. The van der Waals surface area contributed by atoms with Crippen molar-refractivity contribution in [3.05, 3.63) is 29.8 Å². The lowest BCUT2D eigenvalue weighted by atomic mass is 10.1. The van der Waals surface area contributed by atoms with Gasteiger partial charge in [-0.3, -0.25) is 5.32 Å². The molecule has 1 aliphatic heterocycles. The predicted octanol–water partition coefficient (Wildman–Crippen LogP) is 2.39. The molecule has 6 nitrogen and oxygen atoms in total. The first-order chi connectivity index (χ1) is 10.7. The van der Waals surface area contributed by atoms with Gasteiger partial charge in [0.25, 0.3) is 0 Å². The van der Waals surface area contributed by atoms with Crippen LogP contribution in [-0.4, -0.2) is 35.4 Å². The van der Waals surface area contributed by atoms with Gasteiger partial charge < -0.3 is 10.6 Å². The van der Waals surface area contributed by atoms with Gasteiger partial charge in [0.15, 0.2) is 0 Å². The molecule has 0 bridgehead atoms. The average Bonchev–Trinajstić information content (AvgIpc) is 2.97. The maximum Gasteiger partial charge on any atom is 0.321 e. The van der Waals surface area contributed by atoms with E-state index in [0.29, 0.717) is 5.13 Å². The van der Waals surface area contributed by atoms with Gasteiger partial charge in [-0.05, 0) is 31.9 Å². The van der Waals surface area contributed by atoms with E-state index in [0.717, 1.165) is 42.1 Å². The number of carbonyl (C=O) groups is 1. The fourth-order valence-electron chi connectivity index (χ4n) is 2.49. The van der Waals surface area contributed by atoms with Crippen LogP contribution >= 0.6 is 11.3 Å². The number of hydrogen-bond donors (Lipinski definition) is 3. The number of piperidine rings is 1. The Morgan fingerprint density at radius 3 is 3.00 bits per heavy atom. The van der Waals surface area contributed by atoms with Crippen molar-refractivity contribution in [1.82, 2.24) is 20.8 Å². The van der Waals surface area contributed by atoms with Gasteiger partial charge in [-0.2, -0.15) is 0 Å². The Balaban J connectivity index is 1.62. The third-order valence-electron chi connectivity index (χ3n) is 3.65. The van der Waals surface area contributed by atoms with Crippen LogP contribution in [0.25, 0.3) is 10.6 Å². The number of hydrogen-bond acceptors (Lipinski definition) is 5. The number of rotatable bonds is 3. The molecular weight excluding hydrogens is 298 g/mol. The van der Waals surface area contributed by atoms with E-state index in [1.165, 1.54) is 11.3 Å². The van der Waals surface area contributed by atoms with Gasteiger partial charge in [-0.25, -0.2) is 4.79 Å². The van der Waals surface area contributed by atoms with E-state index < -0.39 is 0 Å². The number of benzene rings is 1. The van der Waals surface area contributed by atoms with Gasteiger partial charge in [-0.15, -0.1) is 10.2 Å². The Hall–Kier alpha value is -1.99. The third kappa shape index (κ3) is 3.61. The summed E-state index contributed by atoms with van der Waals surface area (Å²) >= 11 is 1.38. The average molecular weight is 317 g/mol. The molecule has 3 N–H and O–H groups in total. The number of urea groups is 1. The fourth-order valence-corrected chi connectivity index (χ4v) is 3.32. The molecule has 22 heavy (non-hydrogen) atoms. The van der Waals surface area contributed by atoms with Gasteiger partial charge in [0.1, 0.15) is 5.01 Å². The molecule has 2 amide bonds. The monoisotopic (exact) mass is 317 g/mol. The molecule has 7 heteroatoms. The van der Waals surface area contributed by atoms with Gasteiger partial charge in [0.05, 0.1) is 0 Å². The van der Waals surface area contributed by atoms with Gasteiger partial charge in [0, 0.05) is 18.2 Å².